The number of nitrogens with one attached hydrogen (secondary N) is 1. The quantitative estimate of drug-likeness (QED) is 0.592. The number of anilines is 1. The molecule has 138 valence electrons. The van der Waals surface area contributed by atoms with Crippen LogP contribution >= 0.6 is 0 Å². The Bertz CT molecular complexity index is 741. The van der Waals surface area contributed by atoms with Crippen molar-refractivity contribution in [3.8, 4) is 0 Å². The summed E-state index contributed by atoms with van der Waals surface area (Å²) >= 11 is 0. The highest BCUT2D eigenvalue weighted by Crippen LogP contribution is 2.21. The first-order valence-electron chi connectivity index (χ1n) is 8.99. The minimum absolute atomic E-state index is 0.119. The van der Waals surface area contributed by atoms with E-state index in [-0.39, 0.29) is 11.3 Å². The summed E-state index contributed by atoms with van der Waals surface area (Å²) in [5, 5.41) is 6.77. The van der Waals surface area contributed by atoms with Gasteiger partial charge >= 0.3 is 0 Å². The zero-order chi connectivity index (χ0) is 19.2. The number of hydrogen-bond acceptors (Lipinski definition) is 3. The Morgan fingerprint density at radius 2 is 1.73 bits per heavy atom. The van der Waals surface area contributed by atoms with Crippen LogP contribution in [0.1, 0.15) is 51.3 Å². The van der Waals surface area contributed by atoms with E-state index in [0.29, 0.717) is 0 Å². The maximum absolute atomic E-state index is 12.2. The van der Waals surface area contributed by atoms with Crippen LogP contribution in [0.4, 0.5) is 5.69 Å². The molecule has 0 fully saturated rings. The van der Waals surface area contributed by atoms with Crippen LogP contribution in [0, 0.1) is 0 Å². The Balaban J connectivity index is 1.87. The highest BCUT2D eigenvalue weighted by atomic mass is 16.6. The van der Waals surface area contributed by atoms with Crippen molar-refractivity contribution in [3.05, 3.63) is 65.2 Å². The summed E-state index contributed by atoms with van der Waals surface area (Å²) in [5.41, 5.74) is 4.30. The van der Waals surface area contributed by atoms with Crippen LogP contribution in [-0.4, -0.2) is 18.2 Å². The van der Waals surface area contributed by atoms with Crippen molar-refractivity contribution in [2.75, 3.05) is 5.32 Å². The van der Waals surface area contributed by atoms with E-state index in [2.05, 4.69) is 50.3 Å². The summed E-state index contributed by atoms with van der Waals surface area (Å²) in [5.74, 6) is -0.227. The van der Waals surface area contributed by atoms with Gasteiger partial charge in [-0.05, 0) is 47.6 Å². The molecular weight excluding hydrogens is 324 g/mol. The van der Waals surface area contributed by atoms with Gasteiger partial charge in [-0.15, -0.1) is 0 Å². The molecule has 0 aliphatic heterocycles. The Labute approximate surface area is 156 Å². The highest BCUT2D eigenvalue weighted by molar-refractivity contribution is 5.94. The zero-order valence-corrected chi connectivity index (χ0v) is 16.2. The van der Waals surface area contributed by atoms with E-state index in [1.165, 1.54) is 11.1 Å². The lowest BCUT2D eigenvalue weighted by molar-refractivity contribution is -0.126. The van der Waals surface area contributed by atoms with Gasteiger partial charge in [0.25, 0.3) is 5.91 Å². The number of amides is 1. The Morgan fingerprint density at radius 1 is 1.12 bits per heavy atom. The fourth-order valence-electron chi connectivity index (χ4n) is 2.37. The fourth-order valence-corrected chi connectivity index (χ4v) is 2.37. The summed E-state index contributed by atoms with van der Waals surface area (Å²) in [4.78, 5) is 17.4. The Hall–Kier alpha value is -2.62. The van der Waals surface area contributed by atoms with Crippen molar-refractivity contribution in [1.29, 1.82) is 0 Å². The van der Waals surface area contributed by atoms with Gasteiger partial charge in [-0.3, -0.25) is 4.79 Å². The van der Waals surface area contributed by atoms with Gasteiger partial charge in [-0.25, -0.2) is 0 Å². The zero-order valence-electron chi connectivity index (χ0n) is 16.2. The number of hydrogen-bond donors (Lipinski definition) is 1. The van der Waals surface area contributed by atoms with Crippen LogP contribution in [-0.2, 0) is 21.5 Å². The predicted octanol–water partition coefficient (Wildman–Crippen LogP) is 4.92. The fraction of sp³-hybridized carbons (Fsp3) is 0.364. The van der Waals surface area contributed by atoms with Crippen molar-refractivity contribution in [3.63, 3.8) is 0 Å². The molecule has 2 aromatic rings. The number of aryl methyl sites for hydroxylation is 1. The van der Waals surface area contributed by atoms with Gasteiger partial charge in [0.1, 0.15) is 0 Å². The molecule has 0 radical (unpaired) electrons. The third kappa shape index (κ3) is 5.73. The maximum Gasteiger partial charge on any atom is 0.267 e. The molecule has 0 aliphatic carbocycles. The molecule has 1 atom stereocenters. The largest absolute Gasteiger partial charge is 0.383 e. The molecule has 0 heterocycles. The van der Waals surface area contributed by atoms with E-state index >= 15 is 0 Å². The van der Waals surface area contributed by atoms with Crippen molar-refractivity contribution in [2.24, 2.45) is 5.16 Å². The van der Waals surface area contributed by atoms with E-state index in [1.54, 1.807) is 13.1 Å². The van der Waals surface area contributed by atoms with Crippen molar-refractivity contribution < 1.29 is 9.63 Å². The standard InChI is InChI=1S/C22H28N2O2/c1-6-17-9-13-20(14-10-17)24-21(25)16(2)26-23-15-18-7-11-19(12-8-18)22(3,4)5/h7-16H,6H2,1-5H3,(H,24,25). The highest BCUT2D eigenvalue weighted by Gasteiger charge is 2.14. The number of carbonyl (C=O) groups excluding carboxylic acids is 1. The van der Waals surface area contributed by atoms with E-state index < -0.39 is 6.10 Å². The van der Waals surface area contributed by atoms with Gasteiger partial charge in [0.05, 0.1) is 6.21 Å². The summed E-state index contributed by atoms with van der Waals surface area (Å²) < 4.78 is 0. The lowest BCUT2D eigenvalue weighted by Gasteiger charge is -2.18. The smallest absolute Gasteiger partial charge is 0.267 e. The van der Waals surface area contributed by atoms with Crippen LogP contribution in [0.2, 0.25) is 0 Å². The van der Waals surface area contributed by atoms with Crippen molar-refractivity contribution >= 4 is 17.8 Å². The number of benzene rings is 2. The van der Waals surface area contributed by atoms with Gasteiger partial charge in [-0.1, -0.05) is 69.2 Å². The minimum atomic E-state index is -0.675. The molecule has 4 nitrogen and oxygen atoms in total. The molecule has 0 aliphatic rings. The second-order valence-corrected chi connectivity index (χ2v) is 7.39. The first-order chi connectivity index (χ1) is 12.3. The minimum Gasteiger partial charge on any atom is -0.383 e. The normalized spacial score (nSPS) is 12.8. The van der Waals surface area contributed by atoms with Gasteiger partial charge in [0.2, 0.25) is 6.10 Å². The van der Waals surface area contributed by atoms with E-state index in [4.69, 9.17) is 4.84 Å². The van der Waals surface area contributed by atoms with Crippen LogP contribution in [0.25, 0.3) is 0 Å². The molecule has 2 rings (SSSR count). The molecular formula is C22H28N2O2. The third-order valence-corrected chi connectivity index (χ3v) is 4.20. The van der Waals surface area contributed by atoms with E-state index in [9.17, 15) is 4.79 Å². The average Bonchev–Trinajstić information content (AvgIpc) is 2.62. The molecule has 1 N–H and O–H groups in total. The van der Waals surface area contributed by atoms with Crippen LogP contribution in [0.5, 0.6) is 0 Å². The number of oxime groups is 1. The molecule has 26 heavy (non-hydrogen) atoms. The average molecular weight is 352 g/mol. The van der Waals surface area contributed by atoms with Crippen LogP contribution < -0.4 is 5.32 Å². The first-order valence-corrected chi connectivity index (χ1v) is 8.99. The molecule has 0 aromatic heterocycles. The van der Waals surface area contributed by atoms with Gasteiger partial charge in [0.15, 0.2) is 0 Å². The van der Waals surface area contributed by atoms with Gasteiger partial charge in [0, 0.05) is 5.69 Å². The summed E-state index contributed by atoms with van der Waals surface area (Å²) in [6.45, 7) is 10.3. The van der Waals surface area contributed by atoms with Gasteiger partial charge < -0.3 is 10.2 Å². The molecule has 0 saturated carbocycles. The lowest BCUT2D eigenvalue weighted by Crippen LogP contribution is -2.26. The Morgan fingerprint density at radius 3 is 2.27 bits per heavy atom. The molecule has 0 bridgehead atoms. The SMILES string of the molecule is CCc1ccc(NC(=O)C(C)ON=Cc2ccc(C(C)(C)C)cc2)cc1. The van der Waals surface area contributed by atoms with Crippen LogP contribution in [0.3, 0.4) is 0 Å². The summed E-state index contributed by atoms with van der Waals surface area (Å²) in [6, 6.07) is 15.9. The Kier molecular flexibility index (Phi) is 6.56. The van der Waals surface area contributed by atoms with Crippen molar-refractivity contribution in [1.82, 2.24) is 0 Å². The second-order valence-electron chi connectivity index (χ2n) is 7.39. The molecule has 4 heteroatoms. The molecule has 1 amide bonds. The monoisotopic (exact) mass is 352 g/mol. The lowest BCUT2D eigenvalue weighted by atomic mass is 9.87. The first kappa shape index (κ1) is 19.7. The van der Waals surface area contributed by atoms with Crippen molar-refractivity contribution in [2.45, 2.75) is 52.6 Å². The van der Waals surface area contributed by atoms with Gasteiger partial charge in [-0.2, -0.15) is 0 Å². The number of carbonyl (C=O) groups is 1. The predicted molar refractivity (Wildman–Crippen MR) is 108 cm³/mol. The molecule has 0 saturated heterocycles. The molecule has 0 spiro atoms. The van der Waals surface area contributed by atoms with E-state index in [1.807, 2.05) is 36.4 Å². The third-order valence-electron chi connectivity index (χ3n) is 4.20. The molecule has 1 unspecified atom stereocenters. The summed E-state index contributed by atoms with van der Waals surface area (Å²) in [7, 11) is 0. The number of nitrogens with zero attached hydrogens (tertiary/aromatic N) is 1. The second kappa shape index (κ2) is 8.65. The molecule has 2 aromatic carbocycles. The topological polar surface area (TPSA) is 50.7 Å². The van der Waals surface area contributed by atoms with E-state index in [0.717, 1.165) is 17.7 Å². The summed E-state index contributed by atoms with van der Waals surface area (Å²) in [6.07, 6.45) is 1.91. The number of rotatable bonds is 6. The maximum atomic E-state index is 12.2. The van der Waals surface area contributed by atoms with Crippen LogP contribution in [0.15, 0.2) is 53.7 Å².